The molecule has 1 amide bonds. The van der Waals surface area contributed by atoms with Gasteiger partial charge in [0.1, 0.15) is 0 Å². The second-order valence-corrected chi connectivity index (χ2v) is 6.89. The third-order valence-electron chi connectivity index (χ3n) is 4.40. The summed E-state index contributed by atoms with van der Waals surface area (Å²) in [5, 5.41) is 8.99. The highest BCUT2D eigenvalue weighted by molar-refractivity contribution is 7.99. The molecule has 19 heavy (non-hydrogen) atoms. The normalized spacial score (nSPS) is 32.7. The molecule has 1 N–H and O–H groups in total. The van der Waals surface area contributed by atoms with Gasteiger partial charge in [0.15, 0.2) is 0 Å². The fourth-order valence-corrected chi connectivity index (χ4v) is 4.08. The maximum Gasteiger partial charge on any atom is 0.306 e. The number of nitrogens with zero attached hydrogens (tertiary/aromatic N) is 1. The van der Waals surface area contributed by atoms with Crippen LogP contribution in [0.15, 0.2) is 0 Å². The highest BCUT2D eigenvalue weighted by Gasteiger charge is 2.33. The molecule has 2 fully saturated rings. The number of hydrogen-bond acceptors (Lipinski definition) is 3. The van der Waals surface area contributed by atoms with Crippen molar-refractivity contribution >= 4 is 23.6 Å². The van der Waals surface area contributed by atoms with E-state index >= 15 is 0 Å². The molecule has 1 unspecified atom stereocenters. The van der Waals surface area contributed by atoms with Gasteiger partial charge in [-0.05, 0) is 44.8 Å². The molecule has 108 valence electrons. The number of rotatable bonds is 2. The van der Waals surface area contributed by atoms with Crippen molar-refractivity contribution in [3.63, 3.8) is 0 Å². The SMILES string of the molecule is CC1CCSCCN1C(=O)C1CCC(C(=O)O)CC1. The zero-order valence-electron chi connectivity index (χ0n) is 11.5. The van der Waals surface area contributed by atoms with Crippen molar-refractivity contribution in [3.05, 3.63) is 0 Å². The Balaban J connectivity index is 1.91. The van der Waals surface area contributed by atoms with E-state index in [0.29, 0.717) is 18.9 Å². The van der Waals surface area contributed by atoms with Crippen molar-refractivity contribution in [1.82, 2.24) is 4.90 Å². The zero-order valence-corrected chi connectivity index (χ0v) is 12.3. The van der Waals surface area contributed by atoms with Gasteiger partial charge in [-0.25, -0.2) is 0 Å². The molecule has 5 heteroatoms. The Hall–Kier alpha value is -0.710. The summed E-state index contributed by atoms with van der Waals surface area (Å²) < 4.78 is 0. The van der Waals surface area contributed by atoms with Gasteiger partial charge in [0.05, 0.1) is 5.92 Å². The van der Waals surface area contributed by atoms with Crippen molar-refractivity contribution in [2.24, 2.45) is 11.8 Å². The molecule has 0 bridgehead atoms. The predicted molar refractivity (Wildman–Crippen MR) is 76.2 cm³/mol. The Morgan fingerprint density at radius 1 is 1.05 bits per heavy atom. The van der Waals surface area contributed by atoms with Gasteiger partial charge in [-0.1, -0.05) is 0 Å². The van der Waals surface area contributed by atoms with Gasteiger partial charge in [0, 0.05) is 24.3 Å². The number of carboxylic acid groups (broad SMARTS) is 1. The first-order valence-electron chi connectivity index (χ1n) is 7.20. The smallest absolute Gasteiger partial charge is 0.306 e. The molecule has 0 radical (unpaired) electrons. The van der Waals surface area contributed by atoms with Crippen molar-refractivity contribution in [2.45, 2.75) is 45.1 Å². The molecular formula is C14H23NO3S. The minimum atomic E-state index is -0.703. The summed E-state index contributed by atoms with van der Waals surface area (Å²) >= 11 is 1.92. The van der Waals surface area contributed by atoms with Gasteiger partial charge >= 0.3 is 5.97 Å². The van der Waals surface area contributed by atoms with E-state index < -0.39 is 5.97 Å². The summed E-state index contributed by atoms with van der Waals surface area (Å²) in [6.45, 7) is 2.98. The van der Waals surface area contributed by atoms with Crippen LogP contribution in [0.1, 0.15) is 39.0 Å². The highest BCUT2D eigenvalue weighted by atomic mass is 32.2. The van der Waals surface area contributed by atoms with Gasteiger partial charge in [-0.15, -0.1) is 0 Å². The van der Waals surface area contributed by atoms with Crippen LogP contribution in [0.3, 0.4) is 0 Å². The molecule has 0 aromatic carbocycles. The Labute approximate surface area is 118 Å². The number of carbonyl (C=O) groups is 2. The second kappa shape index (κ2) is 6.64. The van der Waals surface area contributed by atoms with Crippen LogP contribution in [0.2, 0.25) is 0 Å². The summed E-state index contributed by atoms with van der Waals surface area (Å²) in [5.74, 6) is 1.55. The van der Waals surface area contributed by atoms with Crippen LogP contribution in [0.5, 0.6) is 0 Å². The zero-order chi connectivity index (χ0) is 13.8. The van der Waals surface area contributed by atoms with E-state index in [-0.39, 0.29) is 17.7 Å². The van der Waals surface area contributed by atoms with Gasteiger partial charge < -0.3 is 10.0 Å². The fraction of sp³-hybridized carbons (Fsp3) is 0.857. The van der Waals surface area contributed by atoms with Gasteiger partial charge in [0.25, 0.3) is 0 Å². The van der Waals surface area contributed by atoms with Crippen LogP contribution in [0.25, 0.3) is 0 Å². The molecular weight excluding hydrogens is 262 g/mol. The minimum absolute atomic E-state index is 0.0566. The Bertz CT molecular complexity index is 340. The Morgan fingerprint density at radius 2 is 1.68 bits per heavy atom. The summed E-state index contributed by atoms with van der Waals surface area (Å²) in [6, 6.07) is 0.333. The van der Waals surface area contributed by atoms with E-state index in [9.17, 15) is 9.59 Å². The van der Waals surface area contributed by atoms with Crippen molar-refractivity contribution in [3.8, 4) is 0 Å². The fourth-order valence-electron chi connectivity index (χ4n) is 3.04. The molecule has 1 heterocycles. The van der Waals surface area contributed by atoms with E-state index in [1.807, 2.05) is 16.7 Å². The van der Waals surface area contributed by atoms with E-state index in [1.165, 1.54) is 0 Å². The average Bonchev–Trinajstić information content (AvgIpc) is 2.63. The molecule has 2 rings (SSSR count). The predicted octanol–water partition coefficient (Wildman–Crippen LogP) is 2.23. The Kier molecular flexibility index (Phi) is 5.13. The number of thioether (sulfide) groups is 1. The van der Waals surface area contributed by atoms with Crippen LogP contribution in [-0.4, -0.2) is 46.0 Å². The molecule has 2 aliphatic rings. The molecule has 0 aromatic heterocycles. The number of amides is 1. The Morgan fingerprint density at radius 3 is 2.32 bits per heavy atom. The standard InChI is InChI=1S/C14H23NO3S/c1-10-6-8-19-9-7-15(10)13(16)11-2-4-12(5-3-11)14(17)18/h10-12H,2-9H2,1H3,(H,17,18). The van der Waals surface area contributed by atoms with E-state index in [2.05, 4.69) is 6.92 Å². The van der Waals surface area contributed by atoms with Crippen LogP contribution < -0.4 is 0 Å². The second-order valence-electron chi connectivity index (χ2n) is 5.67. The lowest BCUT2D eigenvalue weighted by Crippen LogP contribution is -2.43. The number of hydrogen-bond donors (Lipinski definition) is 1. The summed E-state index contributed by atoms with van der Waals surface area (Å²) in [4.78, 5) is 25.5. The van der Waals surface area contributed by atoms with E-state index in [1.54, 1.807) is 0 Å². The molecule has 0 spiro atoms. The van der Waals surface area contributed by atoms with Crippen LogP contribution >= 0.6 is 11.8 Å². The summed E-state index contributed by atoms with van der Waals surface area (Å²) in [7, 11) is 0. The average molecular weight is 285 g/mol. The summed E-state index contributed by atoms with van der Waals surface area (Å²) in [6.07, 6.45) is 3.87. The first-order valence-corrected chi connectivity index (χ1v) is 8.36. The van der Waals surface area contributed by atoms with Gasteiger partial charge in [0.2, 0.25) is 5.91 Å². The lowest BCUT2D eigenvalue weighted by molar-refractivity contribution is -0.146. The van der Waals surface area contributed by atoms with Crippen molar-refractivity contribution in [1.29, 1.82) is 0 Å². The lowest BCUT2D eigenvalue weighted by Gasteiger charge is -2.33. The number of carboxylic acids is 1. The monoisotopic (exact) mass is 285 g/mol. The largest absolute Gasteiger partial charge is 0.481 e. The molecule has 1 aliphatic carbocycles. The van der Waals surface area contributed by atoms with Crippen LogP contribution in [0.4, 0.5) is 0 Å². The first-order chi connectivity index (χ1) is 9.09. The van der Waals surface area contributed by atoms with Crippen LogP contribution in [-0.2, 0) is 9.59 Å². The maximum absolute atomic E-state index is 12.6. The maximum atomic E-state index is 12.6. The molecule has 1 saturated heterocycles. The first kappa shape index (κ1) is 14.7. The topological polar surface area (TPSA) is 57.6 Å². The minimum Gasteiger partial charge on any atom is -0.481 e. The molecule has 1 atom stereocenters. The summed E-state index contributed by atoms with van der Waals surface area (Å²) in [5.41, 5.74) is 0. The van der Waals surface area contributed by atoms with Crippen molar-refractivity contribution < 1.29 is 14.7 Å². The molecule has 1 saturated carbocycles. The van der Waals surface area contributed by atoms with Gasteiger partial charge in [-0.3, -0.25) is 9.59 Å². The molecule has 1 aliphatic heterocycles. The van der Waals surface area contributed by atoms with Crippen LogP contribution in [0, 0.1) is 11.8 Å². The third-order valence-corrected chi connectivity index (χ3v) is 5.39. The quantitative estimate of drug-likeness (QED) is 0.845. The third kappa shape index (κ3) is 3.65. The van der Waals surface area contributed by atoms with Gasteiger partial charge in [-0.2, -0.15) is 11.8 Å². The number of aliphatic carboxylic acids is 1. The lowest BCUT2D eigenvalue weighted by atomic mass is 9.81. The van der Waals surface area contributed by atoms with Crippen molar-refractivity contribution in [2.75, 3.05) is 18.1 Å². The molecule has 0 aromatic rings. The van der Waals surface area contributed by atoms with E-state index in [4.69, 9.17) is 5.11 Å². The highest BCUT2D eigenvalue weighted by Crippen LogP contribution is 2.31. The number of carbonyl (C=O) groups excluding carboxylic acids is 1. The van der Waals surface area contributed by atoms with E-state index in [0.717, 1.165) is 37.3 Å². The molecule has 4 nitrogen and oxygen atoms in total.